The van der Waals surface area contributed by atoms with Crippen LogP contribution in [0, 0.1) is 13.8 Å². The van der Waals surface area contributed by atoms with E-state index in [9.17, 15) is 16.8 Å². The van der Waals surface area contributed by atoms with E-state index >= 15 is 0 Å². The molecule has 0 aliphatic heterocycles. The van der Waals surface area contributed by atoms with Crippen molar-refractivity contribution in [1.82, 2.24) is 3.97 Å². The zero-order chi connectivity index (χ0) is 27.5. The van der Waals surface area contributed by atoms with Crippen LogP contribution in [0.2, 0.25) is 0 Å². The SMILES string of the molecule is C=C[C@@H](COS(=O)(=O)c1ccc(C)cc1)Oc1c(/C=C/C)ccc2c1ccn2S(=O)(=O)c1ccc(C)cc1. The third kappa shape index (κ3) is 5.60. The maximum absolute atomic E-state index is 13.4. The molecule has 3 aromatic carbocycles. The van der Waals surface area contributed by atoms with Crippen molar-refractivity contribution in [2.24, 2.45) is 0 Å². The van der Waals surface area contributed by atoms with Crippen molar-refractivity contribution in [3.8, 4) is 5.75 Å². The second-order valence-electron chi connectivity index (χ2n) is 8.79. The average Bonchev–Trinajstić information content (AvgIpc) is 3.33. The first-order valence-corrected chi connectivity index (χ1v) is 14.8. The van der Waals surface area contributed by atoms with Crippen LogP contribution in [-0.2, 0) is 24.3 Å². The highest BCUT2D eigenvalue weighted by Gasteiger charge is 2.23. The van der Waals surface area contributed by atoms with Gasteiger partial charge in [-0.25, -0.2) is 12.4 Å². The zero-order valence-electron chi connectivity index (χ0n) is 21.4. The molecule has 0 radical (unpaired) electrons. The van der Waals surface area contributed by atoms with Crippen molar-refractivity contribution in [3.05, 3.63) is 108 Å². The molecule has 0 unspecified atom stereocenters. The molecule has 7 nitrogen and oxygen atoms in total. The molecule has 4 aromatic rings. The molecule has 0 N–H and O–H groups in total. The standard InChI is InChI=1S/C29H29NO6S2/c1-5-7-23-12-17-28-27(18-19-30(28)37(31,32)25-13-8-21(3)9-14-25)29(23)36-24(6-2)20-35-38(33,34)26-15-10-22(4)11-16-26/h5-19,24H,2,20H2,1,3-4H3/b7-5+/t24-/m0/s1. The molecule has 0 aliphatic carbocycles. The second kappa shape index (κ2) is 11.0. The van der Waals surface area contributed by atoms with Crippen LogP contribution in [0.4, 0.5) is 0 Å². The van der Waals surface area contributed by atoms with Crippen molar-refractivity contribution in [1.29, 1.82) is 0 Å². The molecule has 0 amide bonds. The van der Waals surface area contributed by atoms with E-state index in [1.165, 1.54) is 28.4 Å². The smallest absolute Gasteiger partial charge is 0.297 e. The van der Waals surface area contributed by atoms with E-state index in [0.717, 1.165) is 11.1 Å². The van der Waals surface area contributed by atoms with Gasteiger partial charge in [-0.1, -0.05) is 54.1 Å². The fourth-order valence-electron chi connectivity index (χ4n) is 3.89. The number of hydrogen-bond acceptors (Lipinski definition) is 6. The molecular formula is C29H29NO6S2. The molecule has 1 aromatic heterocycles. The van der Waals surface area contributed by atoms with E-state index < -0.39 is 26.2 Å². The summed E-state index contributed by atoms with van der Waals surface area (Å²) in [7, 11) is -7.87. The lowest BCUT2D eigenvalue weighted by Crippen LogP contribution is -2.23. The lowest BCUT2D eigenvalue weighted by atomic mass is 10.1. The largest absolute Gasteiger partial charge is 0.483 e. The Morgan fingerprint density at radius 1 is 0.868 bits per heavy atom. The minimum absolute atomic E-state index is 0.0426. The first kappa shape index (κ1) is 27.4. The summed E-state index contributed by atoms with van der Waals surface area (Å²) < 4.78 is 64.8. The minimum Gasteiger partial charge on any atom is -0.483 e. The third-order valence-electron chi connectivity index (χ3n) is 5.97. The molecule has 0 saturated heterocycles. The van der Waals surface area contributed by atoms with Crippen LogP contribution < -0.4 is 4.74 Å². The summed E-state index contributed by atoms with van der Waals surface area (Å²) in [4.78, 5) is 0.209. The molecule has 1 heterocycles. The number of rotatable bonds is 10. The van der Waals surface area contributed by atoms with Crippen LogP contribution in [0.25, 0.3) is 17.0 Å². The molecule has 9 heteroatoms. The van der Waals surface area contributed by atoms with Crippen molar-refractivity contribution in [2.75, 3.05) is 6.61 Å². The Morgan fingerprint density at radius 3 is 2.05 bits per heavy atom. The summed E-state index contributed by atoms with van der Waals surface area (Å²) in [6.45, 7) is 9.06. The van der Waals surface area contributed by atoms with Gasteiger partial charge in [0.05, 0.1) is 15.3 Å². The Morgan fingerprint density at radius 2 is 1.47 bits per heavy atom. The molecule has 38 heavy (non-hydrogen) atoms. The lowest BCUT2D eigenvalue weighted by molar-refractivity contribution is 0.169. The van der Waals surface area contributed by atoms with Gasteiger partial charge in [-0.15, -0.1) is 0 Å². The van der Waals surface area contributed by atoms with Gasteiger partial charge in [0, 0.05) is 17.1 Å². The van der Waals surface area contributed by atoms with E-state index in [1.54, 1.807) is 54.6 Å². The first-order valence-electron chi connectivity index (χ1n) is 11.9. The average molecular weight is 552 g/mol. The van der Waals surface area contributed by atoms with Gasteiger partial charge in [0.15, 0.2) is 0 Å². The first-order chi connectivity index (χ1) is 18.1. The van der Waals surface area contributed by atoms with E-state index in [1.807, 2.05) is 32.9 Å². The highest BCUT2D eigenvalue weighted by molar-refractivity contribution is 7.90. The number of ether oxygens (including phenoxy) is 1. The lowest BCUT2D eigenvalue weighted by Gasteiger charge is -2.19. The maximum atomic E-state index is 13.4. The Bertz CT molecular complexity index is 1700. The summed E-state index contributed by atoms with van der Waals surface area (Å²) in [5.74, 6) is 0.389. The Hall–Kier alpha value is -3.66. The number of aromatic nitrogens is 1. The van der Waals surface area contributed by atoms with Gasteiger partial charge in [0.2, 0.25) is 0 Å². The van der Waals surface area contributed by atoms with Crippen LogP contribution in [0.5, 0.6) is 5.75 Å². The van der Waals surface area contributed by atoms with Crippen LogP contribution in [0.15, 0.2) is 101 Å². The number of nitrogens with zero attached hydrogens (tertiary/aromatic N) is 1. The number of allylic oxidation sites excluding steroid dienone is 1. The van der Waals surface area contributed by atoms with Gasteiger partial charge >= 0.3 is 0 Å². The zero-order valence-corrected chi connectivity index (χ0v) is 23.0. The fourth-order valence-corrected chi connectivity index (χ4v) is 6.15. The maximum Gasteiger partial charge on any atom is 0.297 e. The van der Waals surface area contributed by atoms with Crippen molar-refractivity contribution >= 4 is 37.1 Å². The summed E-state index contributed by atoms with van der Waals surface area (Å²) in [5.41, 5.74) is 3.00. The number of fused-ring (bicyclic) bond motifs is 1. The molecule has 0 spiro atoms. The monoisotopic (exact) mass is 551 g/mol. The van der Waals surface area contributed by atoms with E-state index in [2.05, 4.69) is 6.58 Å². The quantitative estimate of drug-likeness (QED) is 0.181. The molecule has 0 saturated carbocycles. The van der Waals surface area contributed by atoms with Crippen LogP contribution in [-0.4, -0.2) is 33.5 Å². The summed E-state index contributed by atoms with van der Waals surface area (Å²) in [6, 6.07) is 18.1. The second-order valence-corrected chi connectivity index (χ2v) is 12.2. The number of benzene rings is 3. The highest BCUT2D eigenvalue weighted by atomic mass is 32.2. The van der Waals surface area contributed by atoms with Crippen molar-refractivity contribution in [2.45, 2.75) is 36.7 Å². The molecule has 1 atom stereocenters. The van der Waals surface area contributed by atoms with E-state index in [0.29, 0.717) is 22.2 Å². The van der Waals surface area contributed by atoms with Crippen molar-refractivity contribution < 1.29 is 25.8 Å². The number of aryl methyl sites for hydroxylation is 2. The van der Waals surface area contributed by atoms with Crippen LogP contribution >= 0.6 is 0 Å². The van der Waals surface area contributed by atoms with Gasteiger partial charge in [-0.3, -0.25) is 4.18 Å². The highest BCUT2D eigenvalue weighted by Crippen LogP contribution is 2.34. The van der Waals surface area contributed by atoms with Gasteiger partial charge in [-0.2, -0.15) is 8.42 Å². The van der Waals surface area contributed by atoms with Crippen LogP contribution in [0.1, 0.15) is 23.6 Å². The third-order valence-corrected chi connectivity index (χ3v) is 8.97. The van der Waals surface area contributed by atoms with Gasteiger partial charge < -0.3 is 4.74 Å². The molecule has 0 fully saturated rings. The van der Waals surface area contributed by atoms with E-state index in [-0.39, 0.29) is 16.4 Å². The van der Waals surface area contributed by atoms with Gasteiger partial charge in [-0.05, 0) is 69.3 Å². The summed E-state index contributed by atoms with van der Waals surface area (Å²) in [5, 5.41) is 0.546. The number of hydrogen-bond donors (Lipinski definition) is 0. The van der Waals surface area contributed by atoms with E-state index in [4.69, 9.17) is 8.92 Å². The van der Waals surface area contributed by atoms with Gasteiger partial charge in [0.1, 0.15) is 18.5 Å². The predicted octanol–water partition coefficient (Wildman–Crippen LogP) is 5.87. The molecule has 0 bridgehead atoms. The van der Waals surface area contributed by atoms with Crippen molar-refractivity contribution in [3.63, 3.8) is 0 Å². The molecule has 198 valence electrons. The molecule has 4 rings (SSSR count). The predicted molar refractivity (Wildman–Crippen MR) is 149 cm³/mol. The normalized spacial score (nSPS) is 13.1. The van der Waals surface area contributed by atoms with Crippen LogP contribution in [0.3, 0.4) is 0 Å². The minimum atomic E-state index is -4.01. The molecule has 0 aliphatic rings. The Kier molecular flexibility index (Phi) is 7.91. The van der Waals surface area contributed by atoms with Gasteiger partial charge in [0.25, 0.3) is 20.1 Å². The molecular weight excluding hydrogens is 522 g/mol. The summed E-state index contributed by atoms with van der Waals surface area (Å²) >= 11 is 0. The Labute approximate surface area is 223 Å². The summed E-state index contributed by atoms with van der Waals surface area (Å²) in [6.07, 6.45) is 5.75. The fraction of sp³-hybridized carbons (Fsp3) is 0.172. The topological polar surface area (TPSA) is 91.7 Å². The Balaban J connectivity index is 1.68.